The Morgan fingerprint density at radius 3 is 2.67 bits per heavy atom. The molecule has 0 unspecified atom stereocenters. The van der Waals surface area contributed by atoms with E-state index in [9.17, 15) is 4.79 Å². The summed E-state index contributed by atoms with van der Waals surface area (Å²) < 4.78 is 0. The van der Waals surface area contributed by atoms with Crippen LogP contribution >= 0.6 is 0 Å². The molecule has 0 fully saturated rings. The molecule has 1 aromatic rings. The van der Waals surface area contributed by atoms with E-state index in [0.717, 1.165) is 31.5 Å². The lowest BCUT2D eigenvalue weighted by Gasteiger charge is -2.18. The zero-order valence-electron chi connectivity index (χ0n) is 11.2. The highest BCUT2D eigenvalue weighted by molar-refractivity contribution is 5.94. The Bertz CT molecular complexity index is 363. The van der Waals surface area contributed by atoms with Crippen LogP contribution in [0.3, 0.4) is 0 Å². The zero-order chi connectivity index (χ0) is 13.4. The fourth-order valence-corrected chi connectivity index (χ4v) is 1.72. The fourth-order valence-electron chi connectivity index (χ4n) is 1.72. The Hall–Kier alpha value is -1.42. The minimum Gasteiger partial charge on any atom is -0.396 e. The van der Waals surface area contributed by atoms with Gasteiger partial charge < -0.3 is 10.0 Å². The molecule has 0 atom stereocenters. The highest BCUT2D eigenvalue weighted by atomic mass is 16.2. The third kappa shape index (κ3) is 4.45. The summed E-state index contributed by atoms with van der Waals surface area (Å²) in [5.41, 5.74) is 1.56. The first-order valence-electron chi connectivity index (χ1n) is 6.50. The highest BCUT2D eigenvalue weighted by Crippen LogP contribution is 2.13. The van der Waals surface area contributed by atoms with Crippen LogP contribution in [0.5, 0.6) is 0 Å². The van der Waals surface area contributed by atoms with E-state index in [1.54, 1.807) is 12.3 Å². The quantitative estimate of drug-likeness (QED) is 0.568. The minimum atomic E-state index is 0.0761. The summed E-state index contributed by atoms with van der Waals surface area (Å²) in [6.45, 7) is 3.03. The Balaban J connectivity index is 2.48. The highest BCUT2D eigenvalue weighted by Gasteiger charge is 2.06. The van der Waals surface area contributed by atoms with Gasteiger partial charge in [0.15, 0.2) is 5.78 Å². The van der Waals surface area contributed by atoms with Crippen LogP contribution in [-0.2, 0) is 0 Å². The fraction of sp³-hybridized carbons (Fsp3) is 0.571. The van der Waals surface area contributed by atoms with Crippen molar-refractivity contribution in [1.29, 1.82) is 0 Å². The van der Waals surface area contributed by atoms with Crippen LogP contribution in [0.15, 0.2) is 18.3 Å². The van der Waals surface area contributed by atoms with Gasteiger partial charge in [-0.3, -0.25) is 9.78 Å². The van der Waals surface area contributed by atoms with E-state index in [2.05, 4.69) is 9.88 Å². The summed E-state index contributed by atoms with van der Waals surface area (Å²) >= 11 is 0. The molecule has 4 nitrogen and oxygen atoms in total. The Morgan fingerprint density at radius 2 is 2.11 bits per heavy atom. The van der Waals surface area contributed by atoms with Crippen molar-refractivity contribution in [2.45, 2.75) is 32.6 Å². The Morgan fingerprint density at radius 1 is 1.33 bits per heavy atom. The number of hydrogen-bond acceptors (Lipinski definition) is 4. The monoisotopic (exact) mass is 250 g/mol. The number of aliphatic hydroxyl groups is 1. The number of hydrogen-bond donors (Lipinski definition) is 1. The Kier molecular flexibility index (Phi) is 6.36. The summed E-state index contributed by atoms with van der Waals surface area (Å²) in [5.74, 6) is 0.0761. The van der Waals surface area contributed by atoms with Crippen LogP contribution in [0, 0.1) is 0 Å². The number of ketones is 1. The average Bonchev–Trinajstić information content (AvgIpc) is 2.42. The molecule has 0 saturated carbocycles. The molecule has 0 aliphatic heterocycles. The smallest absolute Gasteiger partial charge is 0.180 e. The number of pyridine rings is 1. The molecule has 0 saturated heterocycles. The van der Waals surface area contributed by atoms with Crippen molar-refractivity contribution < 1.29 is 9.90 Å². The van der Waals surface area contributed by atoms with Gasteiger partial charge in [0.05, 0.1) is 11.9 Å². The molecular formula is C14H22N2O2. The van der Waals surface area contributed by atoms with E-state index < -0.39 is 0 Å². The lowest BCUT2D eigenvalue weighted by atomic mass is 10.2. The molecule has 0 bridgehead atoms. The first kappa shape index (κ1) is 14.6. The Labute approximate surface area is 109 Å². The van der Waals surface area contributed by atoms with Gasteiger partial charge in [0.25, 0.3) is 0 Å². The molecule has 100 valence electrons. The van der Waals surface area contributed by atoms with Crippen molar-refractivity contribution in [2.75, 3.05) is 25.1 Å². The molecule has 0 aromatic carbocycles. The second-order valence-electron chi connectivity index (χ2n) is 4.38. The first-order valence-corrected chi connectivity index (χ1v) is 6.50. The molecule has 4 heteroatoms. The summed E-state index contributed by atoms with van der Waals surface area (Å²) in [7, 11) is 2.01. The normalized spacial score (nSPS) is 10.4. The van der Waals surface area contributed by atoms with Gasteiger partial charge in [-0.25, -0.2) is 0 Å². The molecular weight excluding hydrogens is 228 g/mol. The molecule has 1 N–H and O–H groups in total. The molecule has 1 heterocycles. The topological polar surface area (TPSA) is 53.4 Å². The van der Waals surface area contributed by atoms with Crippen LogP contribution in [0.4, 0.5) is 5.69 Å². The number of anilines is 1. The first-order chi connectivity index (χ1) is 8.69. The van der Waals surface area contributed by atoms with E-state index in [0.29, 0.717) is 12.1 Å². The lowest BCUT2D eigenvalue weighted by molar-refractivity contribution is 0.0983. The molecule has 0 aliphatic rings. The third-order valence-electron chi connectivity index (χ3n) is 2.95. The summed E-state index contributed by atoms with van der Waals surface area (Å²) in [4.78, 5) is 17.7. The number of nitrogens with zero attached hydrogens (tertiary/aromatic N) is 2. The van der Waals surface area contributed by atoms with E-state index >= 15 is 0 Å². The maximum absolute atomic E-state index is 11.4. The van der Waals surface area contributed by atoms with Crippen LogP contribution in [0.1, 0.15) is 43.1 Å². The molecule has 1 rings (SSSR count). The van der Waals surface area contributed by atoms with Crippen LogP contribution < -0.4 is 4.90 Å². The number of unbranched alkanes of at least 4 members (excludes halogenated alkanes) is 2. The van der Waals surface area contributed by atoms with Crippen molar-refractivity contribution in [3.8, 4) is 0 Å². The lowest BCUT2D eigenvalue weighted by Crippen LogP contribution is -2.19. The number of rotatable bonds is 8. The van der Waals surface area contributed by atoms with Crippen molar-refractivity contribution >= 4 is 11.5 Å². The van der Waals surface area contributed by atoms with Gasteiger partial charge in [-0.05, 0) is 31.4 Å². The van der Waals surface area contributed by atoms with Gasteiger partial charge in [0, 0.05) is 26.6 Å². The molecule has 0 spiro atoms. The van der Waals surface area contributed by atoms with E-state index in [-0.39, 0.29) is 12.4 Å². The zero-order valence-corrected chi connectivity index (χ0v) is 11.2. The summed E-state index contributed by atoms with van der Waals surface area (Å²) in [6.07, 6.45) is 5.17. The van der Waals surface area contributed by atoms with Crippen LogP contribution in [-0.4, -0.2) is 36.1 Å². The molecule has 18 heavy (non-hydrogen) atoms. The van der Waals surface area contributed by atoms with Gasteiger partial charge in [-0.15, -0.1) is 0 Å². The SMILES string of the molecule is CCC(=O)c1ccc(N(C)CCCCCO)cn1. The second-order valence-corrected chi connectivity index (χ2v) is 4.38. The molecule has 1 aromatic heterocycles. The number of Topliss-reactive ketones (excluding diaryl/α,β-unsaturated/α-hetero) is 1. The van der Waals surface area contributed by atoms with Crippen LogP contribution in [0.2, 0.25) is 0 Å². The van der Waals surface area contributed by atoms with E-state index in [1.807, 2.05) is 20.0 Å². The number of carbonyl (C=O) groups excluding carboxylic acids is 1. The summed E-state index contributed by atoms with van der Waals surface area (Å²) in [5, 5.41) is 8.70. The largest absolute Gasteiger partial charge is 0.396 e. The van der Waals surface area contributed by atoms with Crippen molar-refractivity contribution in [3.63, 3.8) is 0 Å². The van der Waals surface area contributed by atoms with Gasteiger partial charge in [-0.1, -0.05) is 6.92 Å². The number of aliphatic hydroxyl groups excluding tert-OH is 1. The average molecular weight is 250 g/mol. The number of aromatic nitrogens is 1. The number of carbonyl (C=O) groups is 1. The third-order valence-corrected chi connectivity index (χ3v) is 2.95. The molecule has 0 amide bonds. The minimum absolute atomic E-state index is 0.0761. The van der Waals surface area contributed by atoms with Crippen LogP contribution in [0.25, 0.3) is 0 Å². The second kappa shape index (κ2) is 7.82. The van der Waals surface area contributed by atoms with Crippen molar-refractivity contribution in [3.05, 3.63) is 24.0 Å². The molecule has 0 radical (unpaired) electrons. The van der Waals surface area contributed by atoms with Gasteiger partial charge in [0.1, 0.15) is 5.69 Å². The van der Waals surface area contributed by atoms with E-state index in [4.69, 9.17) is 5.11 Å². The standard InChI is InChI=1S/C14H22N2O2/c1-3-14(18)13-8-7-12(11-15-13)16(2)9-5-4-6-10-17/h7-8,11,17H,3-6,9-10H2,1-2H3. The van der Waals surface area contributed by atoms with Crippen molar-refractivity contribution in [2.24, 2.45) is 0 Å². The van der Waals surface area contributed by atoms with Crippen molar-refractivity contribution in [1.82, 2.24) is 4.98 Å². The predicted molar refractivity (Wildman–Crippen MR) is 73.1 cm³/mol. The maximum Gasteiger partial charge on any atom is 0.180 e. The maximum atomic E-state index is 11.4. The summed E-state index contributed by atoms with van der Waals surface area (Å²) in [6, 6.07) is 3.72. The predicted octanol–water partition coefficient (Wildman–Crippen LogP) is 2.27. The van der Waals surface area contributed by atoms with E-state index in [1.165, 1.54) is 0 Å². The van der Waals surface area contributed by atoms with Gasteiger partial charge in [-0.2, -0.15) is 0 Å². The van der Waals surface area contributed by atoms with Gasteiger partial charge in [0.2, 0.25) is 0 Å². The van der Waals surface area contributed by atoms with Gasteiger partial charge >= 0.3 is 0 Å². The molecule has 0 aliphatic carbocycles.